The van der Waals surface area contributed by atoms with Gasteiger partial charge in [-0.05, 0) is 26.3 Å². The summed E-state index contributed by atoms with van der Waals surface area (Å²) in [5.74, 6) is -0.361. The van der Waals surface area contributed by atoms with Gasteiger partial charge >= 0.3 is 5.97 Å². The third-order valence-corrected chi connectivity index (χ3v) is 2.68. The predicted octanol–water partition coefficient (Wildman–Crippen LogP) is 1.56. The van der Waals surface area contributed by atoms with Gasteiger partial charge in [-0.15, -0.1) is 0 Å². The number of carbonyl (C=O) groups excluding carboxylic acids is 2. The van der Waals surface area contributed by atoms with Crippen LogP contribution in [0.4, 0.5) is 0 Å². The monoisotopic (exact) mass is 261 g/mol. The zero-order chi connectivity index (χ0) is 13.8. The lowest BCUT2D eigenvalue weighted by molar-refractivity contribution is -0.117. The summed E-state index contributed by atoms with van der Waals surface area (Å²) in [6.45, 7) is 3.48. The average molecular weight is 261 g/mol. The highest BCUT2D eigenvalue weighted by atomic mass is 16.5. The summed E-state index contributed by atoms with van der Waals surface area (Å²) in [5.41, 5.74) is 1.44. The molecule has 0 fully saturated rings. The Bertz CT molecular complexity index is 619. The van der Waals surface area contributed by atoms with Crippen molar-refractivity contribution in [3.63, 3.8) is 0 Å². The van der Waals surface area contributed by atoms with Gasteiger partial charge in [-0.2, -0.15) is 5.10 Å². The number of nitrogens with zero attached hydrogens (tertiary/aromatic N) is 3. The highest BCUT2D eigenvalue weighted by Crippen LogP contribution is 2.14. The average Bonchev–Trinajstić information content (AvgIpc) is 2.70. The molecule has 0 spiro atoms. The van der Waals surface area contributed by atoms with Gasteiger partial charge in [0.1, 0.15) is 11.3 Å². The van der Waals surface area contributed by atoms with E-state index in [9.17, 15) is 9.59 Å². The lowest BCUT2D eigenvalue weighted by Gasteiger charge is -2.03. The molecule has 6 heteroatoms. The molecule has 0 amide bonds. The van der Waals surface area contributed by atoms with Crippen molar-refractivity contribution in [2.75, 3.05) is 6.61 Å². The van der Waals surface area contributed by atoms with Crippen molar-refractivity contribution in [1.82, 2.24) is 14.6 Å². The fourth-order valence-corrected chi connectivity index (χ4v) is 1.79. The van der Waals surface area contributed by atoms with Gasteiger partial charge in [-0.3, -0.25) is 0 Å². The van der Waals surface area contributed by atoms with Gasteiger partial charge < -0.3 is 9.53 Å². The Morgan fingerprint density at radius 1 is 1.42 bits per heavy atom. The molecule has 0 aliphatic heterocycles. The van der Waals surface area contributed by atoms with Gasteiger partial charge in [0.2, 0.25) is 0 Å². The zero-order valence-corrected chi connectivity index (χ0v) is 10.9. The fraction of sp³-hybridized carbons (Fsp3) is 0.385. The SMILES string of the molecule is CC(=O)CCCOC(=O)c1c(C)nn2cccnc12. The first kappa shape index (κ1) is 13.2. The van der Waals surface area contributed by atoms with Crippen LogP contribution in [-0.2, 0) is 9.53 Å². The highest BCUT2D eigenvalue weighted by Gasteiger charge is 2.19. The Hall–Kier alpha value is -2.24. The van der Waals surface area contributed by atoms with Crippen LogP contribution in [0, 0.1) is 6.92 Å². The van der Waals surface area contributed by atoms with Crippen molar-refractivity contribution in [1.29, 1.82) is 0 Å². The first-order valence-electron chi connectivity index (χ1n) is 6.06. The summed E-state index contributed by atoms with van der Waals surface area (Å²) >= 11 is 0. The van der Waals surface area contributed by atoms with Gasteiger partial charge in [-0.25, -0.2) is 14.3 Å². The highest BCUT2D eigenvalue weighted by molar-refractivity contribution is 5.97. The van der Waals surface area contributed by atoms with E-state index in [2.05, 4.69) is 10.1 Å². The number of hydrogen-bond acceptors (Lipinski definition) is 5. The molecule has 0 atom stereocenters. The van der Waals surface area contributed by atoms with Crippen molar-refractivity contribution in [3.05, 3.63) is 29.7 Å². The molecule has 100 valence electrons. The quantitative estimate of drug-likeness (QED) is 0.603. The Labute approximate surface area is 110 Å². The van der Waals surface area contributed by atoms with Crippen LogP contribution in [0.2, 0.25) is 0 Å². The number of hydrogen-bond donors (Lipinski definition) is 0. The van der Waals surface area contributed by atoms with Crippen molar-refractivity contribution < 1.29 is 14.3 Å². The number of ketones is 1. The Balaban J connectivity index is 2.09. The molecule has 19 heavy (non-hydrogen) atoms. The smallest absolute Gasteiger partial charge is 0.343 e. The van der Waals surface area contributed by atoms with E-state index in [0.29, 0.717) is 29.7 Å². The van der Waals surface area contributed by atoms with Gasteiger partial charge in [0.15, 0.2) is 5.65 Å². The molecule has 2 heterocycles. The second kappa shape index (κ2) is 5.60. The Morgan fingerprint density at radius 3 is 2.95 bits per heavy atom. The minimum absolute atomic E-state index is 0.0879. The first-order valence-corrected chi connectivity index (χ1v) is 6.06. The molecule has 0 N–H and O–H groups in total. The number of rotatable bonds is 5. The van der Waals surface area contributed by atoms with Crippen LogP contribution in [0.15, 0.2) is 18.5 Å². The number of aryl methyl sites for hydroxylation is 1. The third-order valence-electron chi connectivity index (χ3n) is 2.68. The van der Waals surface area contributed by atoms with Gasteiger partial charge in [0.25, 0.3) is 0 Å². The molecule has 2 aromatic rings. The van der Waals surface area contributed by atoms with E-state index in [1.165, 1.54) is 6.92 Å². The maximum Gasteiger partial charge on any atom is 0.343 e. The molecular weight excluding hydrogens is 246 g/mol. The van der Waals surface area contributed by atoms with Crippen LogP contribution in [-0.4, -0.2) is 33.0 Å². The minimum Gasteiger partial charge on any atom is -0.462 e. The number of ether oxygens (including phenoxy) is 1. The van der Waals surface area contributed by atoms with Crippen molar-refractivity contribution >= 4 is 17.4 Å². The van der Waals surface area contributed by atoms with E-state index in [1.807, 2.05) is 0 Å². The fourth-order valence-electron chi connectivity index (χ4n) is 1.79. The summed E-state index contributed by atoms with van der Waals surface area (Å²) in [4.78, 5) is 26.9. The van der Waals surface area contributed by atoms with E-state index in [4.69, 9.17) is 4.74 Å². The molecular formula is C13H15N3O3. The van der Waals surface area contributed by atoms with Crippen molar-refractivity contribution in [3.8, 4) is 0 Å². The van der Waals surface area contributed by atoms with E-state index in [0.717, 1.165) is 0 Å². The topological polar surface area (TPSA) is 73.6 Å². The molecule has 0 aliphatic rings. The zero-order valence-electron chi connectivity index (χ0n) is 10.9. The Kier molecular flexibility index (Phi) is 3.89. The van der Waals surface area contributed by atoms with Crippen molar-refractivity contribution in [2.24, 2.45) is 0 Å². The lowest BCUT2D eigenvalue weighted by atomic mass is 10.2. The summed E-state index contributed by atoms with van der Waals surface area (Å²) in [7, 11) is 0. The van der Waals surface area contributed by atoms with Crippen LogP contribution in [0.3, 0.4) is 0 Å². The lowest BCUT2D eigenvalue weighted by Crippen LogP contribution is -2.08. The molecule has 2 rings (SSSR count). The van der Waals surface area contributed by atoms with Gasteiger partial charge in [0.05, 0.1) is 12.3 Å². The molecule has 6 nitrogen and oxygen atoms in total. The van der Waals surface area contributed by atoms with E-state index in [1.54, 1.807) is 29.9 Å². The third kappa shape index (κ3) is 2.96. The largest absolute Gasteiger partial charge is 0.462 e. The molecule has 0 aromatic carbocycles. The number of esters is 1. The number of carbonyl (C=O) groups is 2. The Morgan fingerprint density at radius 2 is 2.21 bits per heavy atom. The second-order valence-corrected chi connectivity index (χ2v) is 4.29. The molecule has 2 aromatic heterocycles. The normalized spacial score (nSPS) is 10.6. The first-order chi connectivity index (χ1) is 9.09. The van der Waals surface area contributed by atoms with Gasteiger partial charge in [0, 0.05) is 18.8 Å². The van der Waals surface area contributed by atoms with E-state index in [-0.39, 0.29) is 12.4 Å². The standard InChI is InChI=1S/C13H15N3O3/c1-9(17)5-3-8-19-13(18)11-10(2)15-16-7-4-6-14-12(11)16/h4,6-7H,3,5,8H2,1-2H3. The van der Waals surface area contributed by atoms with Gasteiger partial charge in [-0.1, -0.05) is 0 Å². The summed E-state index contributed by atoms with van der Waals surface area (Å²) in [6, 6.07) is 1.74. The summed E-state index contributed by atoms with van der Waals surface area (Å²) in [5, 5.41) is 4.19. The summed E-state index contributed by atoms with van der Waals surface area (Å²) < 4.78 is 6.68. The molecule has 0 saturated heterocycles. The van der Waals surface area contributed by atoms with Crippen LogP contribution in [0.1, 0.15) is 35.8 Å². The van der Waals surface area contributed by atoms with Crippen LogP contribution in [0.5, 0.6) is 0 Å². The predicted molar refractivity (Wildman–Crippen MR) is 67.9 cm³/mol. The number of aromatic nitrogens is 3. The second-order valence-electron chi connectivity index (χ2n) is 4.29. The van der Waals surface area contributed by atoms with Crippen LogP contribution < -0.4 is 0 Å². The number of Topliss-reactive ketones (excluding diaryl/α,β-unsaturated/α-hetero) is 1. The summed E-state index contributed by atoms with van der Waals surface area (Å²) in [6.07, 6.45) is 4.27. The molecule has 0 bridgehead atoms. The van der Waals surface area contributed by atoms with E-state index >= 15 is 0 Å². The van der Waals surface area contributed by atoms with Crippen molar-refractivity contribution in [2.45, 2.75) is 26.7 Å². The van der Waals surface area contributed by atoms with E-state index < -0.39 is 5.97 Å². The minimum atomic E-state index is -0.449. The number of fused-ring (bicyclic) bond motifs is 1. The molecule has 0 aliphatic carbocycles. The van der Waals surface area contributed by atoms with Crippen LogP contribution in [0.25, 0.3) is 5.65 Å². The molecule has 0 unspecified atom stereocenters. The molecule has 0 radical (unpaired) electrons. The van der Waals surface area contributed by atoms with Crippen LogP contribution >= 0.6 is 0 Å². The maximum absolute atomic E-state index is 12.0. The maximum atomic E-state index is 12.0. The molecule has 0 saturated carbocycles.